The Bertz CT molecular complexity index is 639. The molecule has 0 aliphatic heterocycles. The molecule has 1 atom stereocenters. The van der Waals surface area contributed by atoms with Crippen LogP contribution in [0.25, 0.3) is 0 Å². The summed E-state index contributed by atoms with van der Waals surface area (Å²) in [7, 11) is 1.57. The lowest BCUT2D eigenvalue weighted by Crippen LogP contribution is -2.28. The Labute approximate surface area is 138 Å². The molecule has 2 aromatic carbocycles. The van der Waals surface area contributed by atoms with Crippen molar-refractivity contribution in [3.05, 3.63) is 63.6 Å². The molecule has 0 radical (unpaired) electrons. The lowest BCUT2D eigenvalue weighted by molar-refractivity contribution is 0.0916. The molecular weight excluding hydrogens is 325 g/mol. The number of aliphatic hydroxyl groups is 1. The number of aliphatic hydroxyl groups excluding tert-OH is 1. The number of hydrogen-bond acceptors (Lipinski definition) is 3. The van der Waals surface area contributed by atoms with Crippen LogP contribution in [0.5, 0.6) is 5.75 Å². The Morgan fingerprint density at radius 1 is 1.18 bits per heavy atom. The van der Waals surface area contributed by atoms with E-state index in [9.17, 15) is 9.90 Å². The van der Waals surface area contributed by atoms with Crippen molar-refractivity contribution >= 4 is 29.1 Å². The fourth-order valence-electron chi connectivity index (χ4n) is 1.92. The highest BCUT2D eigenvalue weighted by atomic mass is 35.5. The topological polar surface area (TPSA) is 58.6 Å². The van der Waals surface area contributed by atoms with Gasteiger partial charge in [0.25, 0.3) is 5.91 Å². The third-order valence-electron chi connectivity index (χ3n) is 3.08. The third kappa shape index (κ3) is 4.37. The fraction of sp³-hybridized carbons (Fsp3) is 0.188. The number of carbonyl (C=O) groups excluding carboxylic acids is 1. The summed E-state index contributed by atoms with van der Waals surface area (Å²) in [6.45, 7) is 0.0787. The van der Waals surface area contributed by atoms with Crippen LogP contribution in [0.2, 0.25) is 10.0 Å². The minimum absolute atomic E-state index is 0.0787. The molecule has 0 aliphatic carbocycles. The van der Waals surface area contributed by atoms with Crippen LogP contribution in [0.3, 0.4) is 0 Å². The van der Waals surface area contributed by atoms with Crippen molar-refractivity contribution in [2.24, 2.45) is 0 Å². The first-order valence-corrected chi connectivity index (χ1v) is 7.31. The minimum Gasteiger partial charge on any atom is -0.497 e. The van der Waals surface area contributed by atoms with Crippen LogP contribution < -0.4 is 10.1 Å². The molecular formula is C16H15Cl2NO3. The standard InChI is InChI=1S/C16H15Cl2NO3/c1-22-14-4-2-10(3-5-14)15(20)9-19-16(21)11-6-12(17)8-13(18)7-11/h2-8,15,20H,9H2,1H3,(H,19,21). The van der Waals surface area contributed by atoms with Gasteiger partial charge in [0.1, 0.15) is 5.75 Å². The van der Waals surface area contributed by atoms with E-state index in [4.69, 9.17) is 27.9 Å². The highest BCUT2D eigenvalue weighted by molar-refractivity contribution is 6.35. The maximum atomic E-state index is 12.0. The molecule has 2 N–H and O–H groups in total. The Morgan fingerprint density at radius 3 is 2.32 bits per heavy atom. The van der Waals surface area contributed by atoms with Crippen LogP contribution in [-0.2, 0) is 0 Å². The monoisotopic (exact) mass is 339 g/mol. The van der Waals surface area contributed by atoms with E-state index >= 15 is 0 Å². The van der Waals surface area contributed by atoms with Crippen LogP contribution in [0.1, 0.15) is 22.0 Å². The molecule has 0 saturated carbocycles. The predicted octanol–water partition coefficient (Wildman–Crippen LogP) is 3.47. The number of amides is 1. The van der Waals surface area contributed by atoms with Gasteiger partial charge in [0.15, 0.2) is 0 Å². The molecule has 0 bridgehead atoms. The van der Waals surface area contributed by atoms with E-state index in [0.29, 0.717) is 26.9 Å². The van der Waals surface area contributed by atoms with Crippen LogP contribution >= 0.6 is 23.2 Å². The molecule has 4 nitrogen and oxygen atoms in total. The summed E-state index contributed by atoms with van der Waals surface area (Å²) in [5.74, 6) is 0.352. The molecule has 6 heteroatoms. The Balaban J connectivity index is 1.97. The molecule has 0 saturated heterocycles. The number of nitrogens with one attached hydrogen (secondary N) is 1. The molecule has 2 aromatic rings. The number of methoxy groups -OCH3 is 1. The molecule has 1 amide bonds. The van der Waals surface area contributed by atoms with Gasteiger partial charge < -0.3 is 15.2 Å². The van der Waals surface area contributed by atoms with Crippen molar-refractivity contribution in [3.63, 3.8) is 0 Å². The van der Waals surface area contributed by atoms with E-state index in [0.717, 1.165) is 0 Å². The predicted molar refractivity (Wildman–Crippen MR) is 86.7 cm³/mol. The number of carbonyl (C=O) groups is 1. The number of rotatable bonds is 5. The lowest BCUT2D eigenvalue weighted by atomic mass is 10.1. The van der Waals surface area contributed by atoms with Gasteiger partial charge in [-0.2, -0.15) is 0 Å². The summed E-state index contributed by atoms with van der Waals surface area (Å²) in [6.07, 6.45) is -0.815. The Kier molecular flexibility index (Phi) is 5.66. The number of ether oxygens (including phenoxy) is 1. The molecule has 2 rings (SSSR count). The van der Waals surface area contributed by atoms with Gasteiger partial charge in [-0.05, 0) is 35.9 Å². The van der Waals surface area contributed by atoms with Gasteiger partial charge in [0.2, 0.25) is 0 Å². The highest BCUT2D eigenvalue weighted by Crippen LogP contribution is 2.20. The number of hydrogen-bond donors (Lipinski definition) is 2. The van der Waals surface area contributed by atoms with Gasteiger partial charge in [0, 0.05) is 22.2 Å². The molecule has 1 unspecified atom stereocenters. The maximum absolute atomic E-state index is 12.0. The number of halogens is 2. The van der Waals surface area contributed by atoms with Crippen molar-refractivity contribution in [1.82, 2.24) is 5.32 Å². The van der Waals surface area contributed by atoms with E-state index in [2.05, 4.69) is 5.32 Å². The second-order valence-electron chi connectivity index (χ2n) is 4.66. The molecule has 0 aromatic heterocycles. The van der Waals surface area contributed by atoms with E-state index in [-0.39, 0.29) is 12.5 Å². The normalized spacial score (nSPS) is 11.8. The summed E-state index contributed by atoms with van der Waals surface area (Å²) in [5, 5.41) is 13.5. The molecule has 0 fully saturated rings. The van der Waals surface area contributed by atoms with Gasteiger partial charge in [-0.3, -0.25) is 4.79 Å². The summed E-state index contributed by atoms with van der Waals surface area (Å²) in [6, 6.07) is 11.6. The SMILES string of the molecule is COc1ccc(C(O)CNC(=O)c2cc(Cl)cc(Cl)c2)cc1. The van der Waals surface area contributed by atoms with Gasteiger partial charge in [-0.15, -0.1) is 0 Å². The van der Waals surface area contributed by atoms with Gasteiger partial charge >= 0.3 is 0 Å². The molecule has 0 heterocycles. The summed E-state index contributed by atoms with van der Waals surface area (Å²) in [5.41, 5.74) is 1.03. The van der Waals surface area contributed by atoms with Crippen molar-refractivity contribution in [2.45, 2.75) is 6.10 Å². The average molecular weight is 340 g/mol. The first kappa shape index (κ1) is 16.6. The largest absolute Gasteiger partial charge is 0.497 e. The van der Waals surface area contributed by atoms with Crippen molar-refractivity contribution in [3.8, 4) is 5.75 Å². The molecule has 0 spiro atoms. The highest BCUT2D eigenvalue weighted by Gasteiger charge is 2.12. The van der Waals surface area contributed by atoms with Crippen LogP contribution in [0.15, 0.2) is 42.5 Å². The first-order chi connectivity index (χ1) is 10.5. The van der Waals surface area contributed by atoms with Crippen molar-refractivity contribution in [2.75, 3.05) is 13.7 Å². The Morgan fingerprint density at radius 2 is 1.77 bits per heavy atom. The summed E-state index contributed by atoms with van der Waals surface area (Å²) in [4.78, 5) is 12.0. The number of benzene rings is 2. The second-order valence-corrected chi connectivity index (χ2v) is 5.53. The first-order valence-electron chi connectivity index (χ1n) is 6.56. The summed E-state index contributed by atoms with van der Waals surface area (Å²) >= 11 is 11.7. The zero-order valence-corrected chi connectivity index (χ0v) is 13.4. The summed E-state index contributed by atoms with van der Waals surface area (Å²) < 4.78 is 5.05. The van der Waals surface area contributed by atoms with Crippen LogP contribution in [-0.4, -0.2) is 24.7 Å². The fourth-order valence-corrected chi connectivity index (χ4v) is 2.45. The van der Waals surface area contributed by atoms with Crippen molar-refractivity contribution in [1.29, 1.82) is 0 Å². The van der Waals surface area contributed by atoms with E-state index in [1.54, 1.807) is 37.4 Å². The van der Waals surface area contributed by atoms with Gasteiger partial charge in [0.05, 0.1) is 13.2 Å². The molecule has 116 valence electrons. The van der Waals surface area contributed by atoms with E-state index < -0.39 is 6.10 Å². The smallest absolute Gasteiger partial charge is 0.251 e. The zero-order valence-electron chi connectivity index (χ0n) is 11.8. The van der Waals surface area contributed by atoms with E-state index in [1.165, 1.54) is 12.1 Å². The van der Waals surface area contributed by atoms with Gasteiger partial charge in [-0.1, -0.05) is 35.3 Å². The average Bonchev–Trinajstić information content (AvgIpc) is 2.51. The lowest BCUT2D eigenvalue weighted by Gasteiger charge is -2.13. The molecule has 22 heavy (non-hydrogen) atoms. The third-order valence-corrected chi connectivity index (χ3v) is 3.52. The van der Waals surface area contributed by atoms with Crippen LogP contribution in [0, 0.1) is 0 Å². The quantitative estimate of drug-likeness (QED) is 0.876. The van der Waals surface area contributed by atoms with E-state index in [1.807, 2.05) is 0 Å². The molecule has 0 aliphatic rings. The second kappa shape index (κ2) is 7.49. The van der Waals surface area contributed by atoms with Gasteiger partial charge in [-0.25, -0.2) is 0 Å². The van der Waals surface area contributed by atoms with Crippen LogP contribution in [0.4, 0.5) is 0 Å². The Hall–Kier alpha value is -1.75. The maximum Gasteiger partial charge on any atom is 0.251 e. The van der Waals surface area contributed by atoms with Crippen molar-refractivity contribution < 1.29 is 14.6 Å². The zero-order chi connectivity index (χ0) is 16.1. The minimum atomic E-state index is -0.815.